The number of benzene rings is 1. The summed E-state index contributed by atoms with van der Waals surface area (Å²) in [6.45, 7) is 4.48. The summed E-state index contributed by atoms with van der Waals surface area (Å²) in [7, 11) is 4.23. The molecular formula is C18H30N2. The van der Waals surface area contributed by atoms with Gasteiger partial charge in [-0.1, -0.05) is 25.8 Å². The van der Waals surface area contributed by atoms with Crippen LogP contribution in [0.5, 0.6) is 0 Å². The maximum atomic E-state index is 3.74. The van der Waals surface area contributed by atoms with E-state index in [9.17, 15) is 0 Å². The van der Waals surface area contributed by atoms with Crippen molar-refractivity contribution in [2.24, 2.45) is 5.92 Å². The fourth-order valence-electron chi connectivity index (χ4n) is 3.42. The molecular weight excluding hydrogens is 244 g/mol. The summed E-state index contributed by atoms with van der Waals surface area (Å²) in [4.78, 5) is 2.19. The van der Waals surface area contributed by atoms with E-state index in [1.54, 1.807) is 0 Å². The van der Waals surface area contributed by atoms with Crippen molar-refractivity contribution in [3.8, 4) is 0 Å². The van der Waals surface area contributed by atoms with Gasteiger partial charge in [-0.3, -0.25) is 0 Å². The fraction of sp³-hybridized carbons (Fsp3) is 0.667. The number of aryl methyl sites for hydroxylation is 1. The van der Waals surface area contributed by atoms with Gasteiger partial charge in [0.25, 0.3) is 0 Å². The highest BCUT2D eigenvalue weighted by Gasteiger charge is 2.20. The average Bonchev–Trinajstić information content (AvgIpc) is 2.43. The van der Waals surface area contributed by atoms with Crippen molar-refractivity contribution in [2.75, 3.05) is 24.3 Å². The van der Waals surface area contributed by atoms with Crippen molar-refractivity contribution in [2.45, 2.75) is 58.4 Å². The Balaban J connectivity index is 1.93. The van der Waals surface area contributed by atoms with E-state index in [1.807, 2.05) is 0 Å². The minimum Gasteiger partial charge on any atom is -0.382 e. The van der Waals surface area contributed by atoms with Gasteiger partial charge in [0, 0.05) is 31.5 Å². The van der Waals surface area contributed by atoms with Gasteiger partial charge < -0.3 is 10.2 Å². The third kappa shape index (κ3) is 3.91. The van der Waals surface area contributed by atoms with Crippen molar-refractivity contribution in [1.29, 1.82) is 0 Å². The Kier molecular flexibility index (Phi) is 5.33. The van der Waals surface area contributed by atoms with Crippen LogP contribution < -0.4 is 10.2 Å². The molecule has 112 valence electrons. The second-order valence-corrected chi connectivity index (χ2v) is 6.55. The van der Waals surface area contributed by atoms with Crippen molar-refractivity contribution in [3.63, 3.8) is 0 Å². The van der Waals surface area contributed by atoms with Gasteiger partial charge in [-0.2, -0.15) is 0 Å². The first-order valence-electron chi connectivity index (χ1n) is 8.14. The first-order valence-corrected chi connectivity index (χ1v) is 8.14. The van der Waals surface area contributed by atoms with Crippen molar-refractivity contribution in [1.82, 2.24) is 0 Å². The molecule has 1 aliphatic carbocycles. The van der Waals surface area contributed by atoms with Crippen LogP contribution in [0.3, 0.4) is 0 Å². The fourth-order valence-corrected chi connectivity index (χ4v) is 3.42. The van der Waals surface area contributed by atoms with Crippen LogP contribution in [0.1, 0.15) is 51.0 Å². The van der Waals surface area contributed by atoms with Gasteiger partial charge in [-0.25, -0.2) is 0 Å². The smallest absolute Gasteiger partial charge is 0.0411 e. The molecule has 1 saturated carbocycles. The lowest BCUT2D eigenvalue weighted by Gasteiger charge is -2.30. The Morgan fingerprint density at radius 1 is 1.15 bits per heavy atom. The molecule has 2 heteroatoms. The third-order valence-electron chi connectivity index (χ3n) is 4.61. The van der Waals surface area contributed by atoms with Crippen LogP contribution in [0.25, 0.3) is 0 Å². The van der Waals surface area contributed by atoms with E-state index < -0.39 is 0 Å². The summed E-state index contributed by atoms with van der Waals surface area (Å²) in [5.74, 6) is 0.980. The Bertz CT molecular complexity index is 417. The normalized spacial score (nSPS) is 22.6. The topological polar surface area (TPSA) is 15.3 Å². The average molecular weight is 274 g/mol. The summed E-state index contributed by atoms with van der Waals surface area (Å²) in [5.41, 5.74) is 3.93. The molecule has 1 aromatic rings. The lowest BCUT2D eigenvalue weighted by molar-refractivity contribution is 0.319. The molecule has 1 N–H and O–H groups in total. The zero-order chi connectivity index (χ0) is 14.5. The molecule has 0 heterocycles. The van der Waals surface area contributed by atoms with Crippen LogP contribution in [0.15, 0.2) is 18.2 Å². The van der Waals surface area contributed by atoms with Gasteiger partial charge >= 0.3 is 0 Å². The van der Waals surface area contributed by atoms with Crippen LogP contribution >= 0.6 is 0 Å². The van der Waals surface area contributed by atoms with E-state index >= 15 is 0 Å². The SMILES string of the molecule is CCCC1CCC(Nc2ccc(C)c(N(C)C)c2)CC1. The van der Waals surface area contributed by atoms with Crippen LogP contribution in [-0.2, 0) is 0 Å². The van der Waals surface area contributed by atoms with Crippen molar-refractivity contribution in [3.05, 3.63) is 23.8 Å². The van der Waals surface area contributed by atoms with Gasteiger partial charge in [0.15, 0.2) is 0 Å². The summed E-state index contributed by atoms with van der Waals surface area (Å²) >= 11 is 0. The molecule has 1 fully saturated rings. The lowest BCUT2D eigenvalue weighted by atomic mass is 9.83. The minimum atomic E-state index is 0.667. The van der Waals surface area contributed by atoms with E-state index in [4.69, 9.17) is 0 Å². The molecule has 0 aliphatic heterocycles. The van der Waals surface area contributed by atoms with Crippen molar-refractivity contribution < 1.29 is 0 Å². The predicted molar refractivity (Wildman–Crippen MR) is 89.8 cm³/mol. The van der Waals surface area contributed by atoms with Crippen LogP contribution in [0, 0.1) is 12.8 Å². The number of nitrogens with one attached hydrogen (secondary N) is 1. The largest absolute Gasteiger partial charge is 0.382 e. The second kappa shape index (κ2) is 7.01. The van der Waals surface area contributed by atoms with Gasteiger partial charge in [-0.15, -0.1) is 0 Å². The van der Waals surface area contributed by atoms with E-state index in [2.05, 4.69) is 56.4 Å². The summed E-state index contributed by atoms with van der Waals surface area (Å²) in [5, 5.41) is 3.74. The molecule has 20 heavy (non-hydrogen) atoms. The molecule has 0 radical (unpaired) electrons. The summed E-state index contributed by atoms with van der Waals surface area (Å²) in [6.07, 6.45) is 8.22. The Hall–Kier alpha value is -1.18. The predicted octanol–water partition coefficient (Wildman–Crippen LogP) is 4.83. The van der Waals surface area contributed by atoms with Crippen LogP contribution in [0.4, 0.5) is 11.4 Å². The van der Waals surface area contributed by atoms with Gasteiger partial charge in [0.05, 0.1) is 0 Å². The van der Waals surface area contributed by atoms with Crippen LogP contribution in [0.2, 0.25) is 0 Å². The molecule has 2 rings (SSSR count). The minimum absolute atomic E-state index is 0.667. The zero-order valence-electron chi connectivity index (χ0n) is 13.6. The highest BCUT2D eigenvalue weighted by atomic mass is 15.1. The number of hydrogen-bond donors (Lipinski definition) is 1. The summed E-state index contributed by atoms with van der Waals surface area (Å²) < 4.78 is 0. The van der Waals surface area contributed by atoms with E-state index in [0.717, 1.165) is 5.92 Å². The number of hydrogen-bond acceptors (Lipinski definition) is 2. The molecule has 0 aromatic heterocycles. The maximum Gasteiger partial charge on any atom is 0.0411 e. The Morgan fingerprint density at radius 3 is 2.45 bits per heavy atom. The highest BCUT2D eigenvalue weighted by molar-refractivity contribution is 5.62. The third-order valence-corrected chi connectivity index (χ3v) is 4.61. The molecule has 0 amide bonds. The quantitative estimate of drug-likeness (QED) is 0.827. The number of anilines is 2. The van der Waals surface area contributed by atoms with Crippen LogP contribution in [-0.4, -0.2) is 20.1 Å². The van der Waals surface area contributed by atoms with Gasteiger partial charge in [0.1, 0.15) is 0 Å². The first kappa shape index (κ1) is 15.2. The molecule has 1 aromatic carbocycles. The Morgan fingerprint density at radius 2 is 1.85 bits per heavy atom. The first-order chi connectivity index (χ1) is 9.60. The van der Waals surface area contributed by atoms with E-state index in [1.165, 1.54) is 55.5 Å². The number of nitrogens with zero attached hydrogens (tertiary/aromatic N) is 1. The van der Waals surface area contributed by atoms with Crippen molar-refractivity contribution >= 4 is 11.4 Å². The van der Waals surface area contributed by atoms with Gasteiger partial charge in [0.2, 0.25) is 0 Å². The second-order valence-electron chi connectivity index (χ2n) is 6.55. The monoisotopic (exact) mass is 274 g/mol. The highest BCUT2D eigenvalue weighted by Crippen LogP contribution is 2.30. The Labute approximate surface area is 124 Å². The molecule has 0 atom stereocenters. The standard InChI is InChI=1S/C18H30N2/c1-5-6-15-8-11-16(12-9-15)19-17-10-7-14(2)18(13-17)20(3)4/h7,10,13,15-16,19H,5-6,8-9,11-12H2,1-4H3. The molecule has 0 spiro atoms. The molecule has 0 saturated heterocycles. The molecule has 1 aliphatic rings. The molecule has 0 bridgehead atoms. The molecule has 2 nitrogen and oxygen atoms in total. The van der Waals surface area contributed by atoms with E-state index in [-0.39, 0.29) is 0 Å². The summed E-state index contributed by atoms with van der Waals surface area (Å²) in [6, 6.07) is 7.40. The van der Waals surface area contributed by atoms with Gasteiger partial charge in [-0.05, 0) is 56.2 Å². The lowest BCUT2D eigenvalue weighted by Crippen LogP contribution is -2.26. The zero-order valence-corrected chi connectivity index (χ0v) is 13.6. The number of rotatable bonds is 5. The maximum absolute atomic E-state index is 3.74. The van der Waals surface area contributed by atoms with E-state index in [0.29, 0.717) is 6.04 Å². The molecule has 0 unspecified atom stereocenters.